The van der Waals surface area contributed by atoms with Crippen LogP contribution in [0.1, 0.15) is 51.1 Å². The van der Waals surface area contributed by atoms with Crippen molar-refractivity contribution >= 4 is 5.69 Å². The summed E-state index contributed by atoms with van der Waals surface area (Å²) in [5, 5.41) is 13.3. The molecule has 0 aromatic heterocycles. The third-order valence-corrected chi connectivity index (χ3v) is 5.10. The molecule has 0 bridgehead atoms. The number of rotatable bonds is 5. The Hall–Kier alpha value is -1.13. The van der Waals surface area contributed by atoms with Crippen LogP contribution in [0.5, 0.6) is 0 Å². The molecule has 1 saturated heterocycles. The smallest absolute Gasteiger partial charge is 0.123 e. The molecule has 2 fully saturated rings. The number of nitrogens with one attached hydrogen (secondary N) is 1. The van der Waals surface area contributed by atoms with Crippen molar-refractivity contribution in [2.24, 2.45) is 5.92 Å². The van der Waals surface area contributed by atoms with Gasteiger partial charge in [-0.15, -0.1) is 0 Å². The van der Waals surface area contributed by atoms with Gasteiger partial charge in [0.2, 0.25) is 0 Å². The molecule has 1 aliphatic heterocycles. The molecule has 22 heavy (non-hydrogen) atoms. The molecule has 1 aliphatic carbocycles. The molecule has 3 rings (SSSR count). The van der Waals surface area contributed by atoms with Crippen LogP contribution in [-0.2, 0) is 0 Å². The molecule has 1 saturated carbocycles. The first-order valence-electron chi connectivity index (χ1n) is 8.53. The van der Waals surface area contributed by atoms with Crippen LogP contribution in [0.2, 0.25) is 0 Å². The number of aliphatic hydroxyl groups excluding tert-OH is 1. The summed E-state index contributed by atoms with van der Waals surface area (Å²) in [4.78, 5) is 2.28. The first kappa shape index (κ1) is 15.8. The second kappa shape index (κ2) is 6.55. The maximum absolute atomic E-state index is 13.8. The minimum Gasteiger partial charge on any atom is -0.393 e. The van der Waals surface area contributed by atoms with Gasteiger partial charge in [-0.2, -0.15) is 0 Å². The van der Waals surface area contributed by atoms with Gasteiger partial charge in [-0.25, -0.2) is 4.39 Å². The molecule has 1 aromatic carbocycles. The van der Waals surface area contributed by atoms with Gasteiger partial charge in [0.25, 0.3) is 0 Å². The van der Waals surface area contributed by atoms with Crippen LogP contribution in [-0.4, -0.2) is 30.3 Å². The molecule has 2 aliphatic rings. The van der Waals surface area contributed by atoms with Gasteiger partial charge < -0.3 is 15.3 Å². The quantitative estimate of drug-likeness (QED) is 0.876. The highest BCUT2D eigenvalue weighted by Gasteiger charge is 2.29. The average Bonchev–Trinajstić information content (AvgIpc) is 3.33. The minimum absolute atomic E-state index is 0.133. The number of hydrogen-bond acceptors (Lipinski definition) is 3. The normalized spacial score (nSPS) is 22.6. The van der Waals surface area contributed by atoms with Gasteiger partial charge in [-0.05, 0) is 69.2 Å². The average molecular weight is 306 g/mol. The van der Waals surface area contributed by atoms with Crippen molar-refractivity contribution in [3.8, 4) is 0 Å². The Bertz CT molecular complexity index is 510. The molecule has 3 nitrogen and oxygen atoms in total. The second-order valence-electron chi connectivity index (χ2n) is 6.94. The van der Waals surface area contributed by atoms with Crippen LogP contribution < -0.4 is 10.2 Å². The zero-order valence-corrected chi connectivity index (χ0v) is 13.6. The predicted molar refractivity (Wildman–Crippen MR) is 87.6 cm³/mol. The molecule has 2 N–H and O–H groups in total. The van der Waals surface area contributed by atoms with E-state index in [-0.39, 0.29) is 18.0 Å². The largest absolute Gasteiger partial charge is 0.393 e. The molecular formula is C18H27FN2O. The van der Waals surface area contributed by atoms with Crippen molar-refractivity contribution in [1.82, 2.24) is 5.32 Å². The highest BCUT2D eigenvalue weighted by molar-refractivity contribution is 5.55. The number of anilines is 1. The molecule has 2 atom stereocenters. The Morgan fingerprint density at radius 2 is 1.86 bits per heavy atom. The molecule has 1 aromatic rings. The third kappa shape index (κ3) is 3.61. The van der Waals surface area contributed by atoms with E-state index in [0.717, 1.165) is 43.1 Å². The fraction of sp³-hybridized carbons (Fsp3) is 0.667. The van der Waals surface area contributed by atoms with E-state index in [9.17, 15) is 9.50 Å². The lowest BCUT2D eigenvalue weighted by Gasteiger charge is -2.34. The molecule has 2 unspecified atom stereocenters. The summed E-state index contributed by atoms with van der Waals surface area (Å²) >= 11 is 0. The Kier molecular flexibility index (Phi) is 4.69. The van der Waals surface area contributed by atoms with E-state index in [4.69, 9.17) is 0 Å². The molecule has 4 heteroatoms. The monoisotopic (exact) mass is 306 g/mol. The Labute approximate surface area is 132 Å². The fourth-order valence-electron chi connectivity index (χ4n) is 3.48. The van der Waals surface area contributed by atoms with Crippen LogP contribution in [0, 0.1) is 11.7 Å². The van der Waals surface area contributed by atoms with E-state index in [1.54, 1.807) is 12.1 Å². The maximum atomic E-state index is 13.8. The van der Waals surface area contributed by atoms with Crippen LogP contribution in [0.4, 0.5) is 10.1 Å². The van der Waals surface area contributed by atoms with E-state index in [1.165, 1.54) is 12.8 Å². The molecule has 0 spiro atoms. The van der Waals surface area contributed by atoms with E-state index < -0.39 is 0 Å². The van der Waals surface area contributed by atoms with Gasteiger partial charge in [0.05, 0.1) is 6.10 Å². The number of benzene rings is 1. The SMILES string of the molecule is CC(NC(C)C1CC1)c1cc(F)ccc1N1CCC(O)CC1. The lowest BCUT2D eigenvalue weighted by Crippen LogP contribution is -2.37. The van der Waals surface area contributed by atoms with Crippen LogP contribution >= 0.6 is 0 Å². The van der Waals surface area contributed by atoms with Crippen LogP contribution in [0.3, 0.4) is 0 Å². The van der Waals surface area contributed by atoms with Crippen LogP contribution in [0.15, 0.2) is 18.2 Å². The summed E-state index contributed by atoms with van der Waals surface area (Å²) in [6, 6.07) is 5.71. The maximum Gasteiger partial charge on any atom is 0.123 e. The van der Waals surface area contributed by atoms with Crippen molar-refractivity contribution in [1.29, 1.82) is 0 Å². The van der Waals surface area contributed by atoms with Gasteiger partial charge in [0.15, 0.2) is 0 Å². The van der Waals surface area contributed by atoms with E-state index in [2.05, 4.69) is 24.1 Å². The van der Waals surface area contributed by atoms with Crippen molar-refractivity contribution in [3.63, 3.8) is 0 Å². The Morgan fingerprint density at radius 1 is 1.18 bits per heavy atom. The molecule has 0 amide bonds. The minimum atomic E-state index is -0.189. The number of halogens is 1. The summed E-state index contributed by atoms with van der Waals surface area (Å²) in [7, 11) is 0. The first-order chi connectivity index (χ1) is 10.5. The zero-order chi connectivity index (χ0) is 15.7. The Balaban J connectivity index is 1.77. The second-order valence-corrected chi connectivity index (χ2v) is 6.94. The zero-order valence-electron chi connectivity index (χ0n) is 13.6. The van der Waals surface area contributed by atoms with Gasteiger partial charge >= 0.3 is 0 Å². The Morgan fingerprint density at radius 3 is 2.50 bits per heavy atom. The standard InChI is InChI=1S/C18H27FN2O/c1-12(14-3-4-14)20-13(2)17-11-15(19)5-6-18(17)21-9-7-16(22)8-10-21/h5-6,11-14,16,20,22H,3-4,7-10H2,1-2H3. The number of nitrogens with zero attached hydrogens (tertiary/aromatic N) is 1. The number of aliphatic hydroxyl groups is 1. The third-order valence-electron chi connectivity index (χ3n) is 5.10. The molecule has 0 radical (unpaired) electrons. The summed E-state index contributed by atoms with van der Waals surface area (Å²) < 4.78 is 13.8. The van der Waals surface area contributed by atoms with Crippen molar-refractivity contribution in [2.75, 3.05) is 18.0 Å². The van der Waals surface area contributed by atoms with E-state index in [0.29, 0.717) is 6.04 Å². The molecule has 1 heterocycles. The van der Waals surface area contributed by atoms with E-state index in [1.807, 2.05) is 6.07 Å². The number of piperidine rings is 1. The predicted octanol–water partition coefficient (Wildman–Crippen LogP) is 3.24. The van der Waals surface area contributed by atoms with Crippen LogP contribution in [0.25, 0.3) is 0 Å². The summed E-state index contributed by atoms with van der Waals surface area (Å²) in [6.07, 6.45) is 4.00. The lowest BCUT2D eigenvalue weighted by atomic mass is 10.0. The summed E-state index contributed by atoms with van der Waals surface area (Å²) in [5.74, 6) is 0.605. The topological polar surface area (TPSA) is 35.5 Å². The highest BCUT2D eigenvalue weighted by Crippen LogP contribution is 2.35. The molecule has 122 valence electrons. The van der Waals surface area contributed by atoms with Crippen molar-refractivity contribution in [2.45, 2.75) is 57.7 Å². The lowest BCUT2D eigenvalue weighted by molar-refractivity contribution is 0.145. The summed E-state index contributed by atoms with van der Waals surface area (Å²) in [6.45, 7) is 6.02. The first-order valence-corrected chi connectivity index (χ1v) is 8.53. The van der Waals surface area contributed by atoms with Crippen molar-refractivity contribution in [3.05, 3.63) is 29.6 Å². The summed E-state index contributed by atoms with van der Waals surface area (Å²) in [5.41, 5.74) is 2.14. The van der Waals surface area contributed by atoms with Crippen molar-refractivity contribution < 1.29 is 9.50 Å². The molecular weight excluding hydrogens is 279 g/mol. The highest BCUT2D eigenvalue weighted by atomic mass is 19.1. The van der Waals surface area contributed by atoms with Gasteiger partial charge in [0, 0.05) is 30.9 Å². The van der Waals surface area contributed by atoms with Gasteiger partial charge in [0.1, 0.15) is 5.82 Å². The van der Waals surface area contributed by atoms with E-state index >= 15 is 0 Å². The number of hydrogen-bond donors (Lipinski definition) is 2. The fourth-order valence-corrected chi connectivity index (χ4v) is 3.48. The van der Waals surface area contributed by atoms with Gasteiger partial charge in [-0.1, -0.05) is 0 Å². The van der Waals surface area contributed by atoms with Gasteiger partial charge in [-0.3, -0.25) is 0 Å².